The monoisotopic (exact) mass is 358 g/mol. The van der Waals surface area contributed by atoms with Crippen molar-refractivity contribution in [1.29, 1.82) is 5.26 Å². The Morgan fingerprint density at radius 3 is 2.38 bits per heavy atom. The van der Waals surface area contributed by atoms with Gasteiger partial charge >= 0.3 is 0 Å². The molecule has 0 aliphatic carbocycles. The van der Waals surface area contributed by atoms with Gasteiger partial charge in [-0.3, -0.25) is 4.79 Å². The SMILES string of the molecule is CC(C)C(C)(C#N)NC(=O)CS(=O)(=O)c1cccc(C(C)(F)F)c1. The van der Waals surface area contributed by atoms with Crippen molar-refractivity contribution >= 4 is 15.7 Å². The number of benzene rings is 1. The second-order valence-corrected chi connectivity index (χ2v) is 8.18. The van der Waals surface area contributed by atoms with Gasteiger partial charge in [-0.15, -0.1) is 0 Å². The van der Waals surface area contributed by atoms with Crippen LogP contribution in [0.1, 0.15) is 33.3 Å². The summed E-state index contributed by atoms with van der Waals surface area (Å²) >= 11 is 0. The molecule has 0 aliphatic rings. The largest absolute Gasteiger partial charge is 0.337 e. The molecule has 8 heteroatoms. The van der Waals surface area contributed by atoms with E-state index in [0.29, 0.717) is 6.92 Å². The molecule has 1 N–H and O–H groups in total. The van der Waals surface area contributed by atoms with Crippen LogP contribution in [0, 0.1) is 17.2 Å². The Hall–Kier alpha value is -2.01. The summed E-state index contributed by atoms with van der Waals surface area (Å²) in [6.07, 6.45) is 0. The highest BCUT2D eigenvalue weighted by atomic mass is 32.2. The molecule has 1 unspecified atom stereocenters. The van der Waals surface area contributed by atoms with Gasteiger partial charge in [-0.25, -0.2) is 17.2 Å². The van der Waals surface area contributed by atoms with Gasteiger partial charge in [0.2, 0.25) is 5.91 Å². The molecule has 1 atom stereocenters. The summed E-state index contributed by atoms with van der Waals surface area (Å²) in [6.45, 7) is 5.57. The van der Waals surface area contributed by atoms with Crippen LogP contribution in [0.2, 0.25) is 0 Å². The summed E-state index contributed by atoms with van der Waals surface area (Å²) in [4.78, 5) is 11.6. The van der Waals surface area contributed by atoms with Gasteiger partial charge in [0, 0.05) is 12.5 Å². The molecule has 1 rings (SSSR count). The van der Waals surface area contributed by atoms with Gasteiger partial charge in [0.25, 0.3) is 5.92 Å². The lowest BCUT2D eigenvalue weighted by atomic mass is 9.90. The number of carbonyl (C=O) groups is 1. The zero-order valence-electron chi connectivity index (χ0n) is 13.9. The van der Waals surface area contributed by atoms with Crippen molar-refractivity contribution < 1.29 is 22.0 Å². The van der Waals surface area contributed by atoms with E-state index in [9.17, 15) is 22.0 Å². The Kier molecular flexibility index (Phi) is 5.72. The maximum absolute atomic E-state index is 13.3. The van der Waals surface area contributed by atoms with E-state index >= 15 is 0 Å². The van der Waals surface area contributed by atoms with Gasteiger partial charge in [-0.1, -0.05) is 26.0 Å². The molecular formula is C16H20F2N2O3S. The van der Waals surface area contributed by atoms with Crippen LogP contribution in [-0.2, 0) is 20.6 Å². The molecule has 0 aromatic heterocycles. The van der Waals surface area contributed by atoms with E-state index in [0.717, 1.165) is 18.2 Å². The Balaban J connectivity index is 3.03. The second-order valence-electron chi connectivity index (χ2n) is 6.19. The fourth-order valence-electron chi connectivity index (χ4n) is 1.85. The van der Waals surface area contributed by atoms with Crippen molar-refractivity contribution in [2.24, 2.45) is 5.92 Å². The van der Waals surface area contributed by atoms with E-state index < -0.39 is 38.5 Å². The Morgan fingerprint density at radius 1 is 1.33 bits per heavy atom. The normalized spacial score (nSPS) is 14.8. The quantitative estimate of drug-likeness (QED) is 0.847. The number of alkyl halides is 2. The molecule has 0 saturated heterocycles. The number of nitrogens with one attached hydrogen (secondary N) is 1. The van der Waals surface area contributed by atoms with Crippen LogP contribution >= 0.6 is 0 Å². The van der Waals surface area contributed by atoms with Crippen molar-refractivity contribution in [3.8, 4) is 6.07 Å². The molecule has 5 nitrogen and oxygen atoms in total. The second kappa shape index (κ2) is 6.85. The van der Waals surface area contributed by atoms with Gasteiger partial charge in [-0.05, 0) is 25.0 Å². The molecule has 24 heavy (non-hydrogen) atoms. The minimum absolute atomic E-state index is 0.240. The van der Waals surface area contributed by atoms with Gasteiger partial charge in [0.05, 0.1) is 11.0 Å². The zero-order valence-corrected chi connectivity index (χ0v) is 14.7. The summed E-state index contributed by atoms with van der Waals surface area (Å²) in [5.41, 5.74) is -1.67. The van der Waals surface area contributed by atoms with E-state index in [4.69, 9.17) is 5.26 Å². The summed E-state index contributed by atoms with van der Waals surface area (Å²) in [6, 6.07) is 6.26. The lowest BCUT2D eigenvalue weighted by Crippen LogP contribution is -2.50. The van der Waals surface area contributed by atoms with Crippen LogP contribution in [0.25, 0.3) is 0 Å². The van der Waals surface area contributed by atoms with Crippen LogP contribution in [0.4, 0.5) is 8.78 Å². The standard InChI is InChI=1S/C16H20F2N2O3S/c1-11(2)15(3,10-19)20-14(21)9-24(22,23)13-7-5-6-12(8-13)16(4,17)18/h5-8,11H,9H2,1-4H3,(H,20,21). The van der Waals surface area contributed by atoms with E-state index in [1.165, 1.54) is 13.0 Å². The highest BCUT2D eigenvalue weighted by molar-refractivity contribution is 7.92. The molecule has 1 aromatic rings. The highest BCUT2D eigenvalue weighted by Crippen LogP contribution is 2.28. The molecule has 0 saturated carbocycles. The van der Waals surface area contributed by atoms with Crippen molar-refractivity contribution in [2.75, 3.05) is 5.75 Å². The third kappa shape index (κ3) is 4.74. The molecule has 0 aliphatic heterocycles. The van der Waals surface area contributed by atoms with E-state index in [-0.39, 0.29) is 10.8 Å². The fourth-order valence-corrected chi connectivity index (χ4v) is 3.02. The van der Waals surface area contributed by atoms with Crippen molar-refractivity contribution in [3.05, 3.63) is 29.8 Å². The minimum Gasteiger partial charge on any atom is -0.337 e. The molecule has 0 radical (unpaired) electrons. The molecule has 0 bridgehead atoms. The number of nitrogens with zero attached hydrogens (tertiary/aromatic N) is 1. The van der Waals surface area contributed by atoms with Gasteiger partial charge in [-0.2, -0.15) is 5.26 Å². The van der Waals surface area contributed by atoms with Crippen LogP contribution in [0.5, 0.6) is 0 Å². The Labute approximate surface area is 140 Å². The average Bonchev–Trinajstić information content (AvgIpc) is 2.45. The molecule has 1 amide bonds. The Morgan fingerprint density at radius 2 is 1.92 bits per heavy atom. The minimum atomic E-state index is -4.10. The number of hydrogen-bond donors (Lipinski definition) is 1. The molecule has 1 aromatic carbocycles. The fraction of sp³-hybridized carbons (Fsp3) is 0.500. The lowest BCUT2D eigenvalue weighted by Gasteiger charge is -2.27. The maximum Gasteiger partial charge on any atom is 0.270 e. The molecule has 0 heterocycles. The van der Waals surface area contributed by atoms with Crippen molar-refractivity contribution in [1.82, 2.24) is 5.32 Å². The van der Waals surface area contributed by atoms with Crippen molar-refractivity contribution in [3.63, 3.8) is 0 Å². The molecular weight excluding hydrogens is 338 g/mol. The average molecular weight is 358 g/mol. The van der Waals surface area contributed by atoms with E-state index in [1.54, 1.807) is 13.8 Å². The zero-order chi connectivity index (χ0) is 18.8. The number of halogens is 2. The lowest BCUT2D eigenvalue weighted by molar-refractivity contribution is -0.120. The number of carbonyl (C=O) groups excluding carboxylic acids is 1. The topological polar surface area (TPSA) is 87.0 Å². The summed E-state index contributed by atoms with van der Waals surface area (Å²) < 4.78 is 51.2. The Bertz CT molecular complexity index is 764. The van der Waals surface area contributed by atoms with E-state index in [2.05, 4.69) is 5.32 Å². The number of nitriles is 1. The molecule has 0 fully saturated rings. The van der Waals surface area contributed by atoms with Gasteiger partial charge in [0.15, 0.2) is 9.84 Å². The van der Waals surface area contributed by atoms with Crippen LogP contribution in [-0.4, -0.2) is 25.6 Å². The summed E-state index contributed by atoms with van der Waals surface area (Å²) in [5, 5.41) is 11.5. The number of rotatable bonds is 6. The van der Waals surface area contributed by atoms with Gasteiger partial charge < -0.3 is 5.32 Å². The first kappa shape index (κ1) is 20.0. The van der Waals surface area contributed by atoms with Crippen LogP contribution in [0.15, 0.2) is 29.2 Å². The van der Waals surface area contributed by atoms with E-state index in [1.807, 2.05) is 6.07 Å². The van der Waals surface area contributed by atoms with Crippen molar-refractivity contribution in [2.45, 2.75) is 44.1 Å². The number of amides is 1. The van der Waals surface area contributed by atoms with Crippen LogP contribution < -0.4 is 5.32 Å². The maximum atomic E-state index is 13.3. The van der Waals surface area contributed by atoms with Gasteiger partial charge in [0.1, 0.15) is 11.3 Å². The summed E-state index contributed by atoms with van der Waals surface area (Å²) in [7, 11) is -4.10. The predicted octanol–water partition coefficient (Wildman–Crippen LogP) is 2.63. The third-order valence-corrected chi connectivity index (χ3v) is 5.42. The first-order chi connectivity index (χ1) is 10.8. The first-order valence-corrected chi connectivity index (χ1v) is 8.90. The predicted molar refractivity (Wildman–Crippen MR) is 85.1 cm³/mol. The highest BCUT2D eigenvalue weighted by Gasteiger charge is 2.32. The molecule has 0 spiro atoms. The number of hydrogen-bond acceptors (Lipinski definition) is 4. The molecule has 132 valence electrons. The number of sulfone groups is 1. The smallest absolute Gasteiger partial charge is 0.270 e. The third-order valence-electron chi connectivity index (χ3n) is 3.81. The summed E-state index contributed by atoms with van der Waals surface area (Å²) in [5.74, 6) is -5.21. The first-order valence-electron chi connectivity index (χ1n) is 7.25. The van der Waals surface area contributed by atoms with Crippen LogP contribution in [0.3, 0.4) is 0 Å².